The van der Waals surface area contributed by atoms with Crippen LogP contribution in [-0.4, -0.2) is 36.0 Å². The molecule has 6 rings (SSSR count). The van der Waals surface area contributed by atoms with Gasteiger partial charge in [-0.15, -0.1) is 11.3 Å². The molecule has 34 heavy (non-hydrogen) atoms. The Labute approximate surface area is 198 Å². The van der Waals surface area contributed by atoms with Gasteiger partial charge in [-0.2, -0.15) is 5.10 Å². The van der Waals surface area contributed by atoms with Crippen LogP contribution in [0.15, 0.2) is 66.4 Å². The zero-order valence-electron chi connectivity index (χ0n) is 18.2. The number of thiophene rings is 1. The van der Waals surface area contributed by atoms with Crippen LogP contribution in [0.25, 0.3) is 55.2 Å². The predicted octanol–water partition coefficient (Wildman–Crippen LogP) is 5.64. The maximum Gasteiger partial charge on any atom is 0.224 e. The standard InChI is InChI=1S/C25H19N7OS/c1-2-21(33)28-16-9-14(11-26-13-16)15-10-18-23(31-32-24(18)27-12-15)25-29-19-6-3-5-17(22(19)30-25)20-7-4-8-34-20/h3-13H,2H2,1H3,(H,28,33)(H,29,30)(H,27,31,32). The number of pyridine rings is 2. The van der Waals surface area contributed by atoms with Crippen LogP contribution in [0.3, 0.4) is 0 Å². The average Bonchev–Trinajstić information content (AvgIpc) is 3.62. The lowest BCUT2D eigenvalue weighted by atomic mass is 10.1. The molecule has 6 aromatic rings. The Bertz CT molecular complexity index is 1650. The molecule has 0 radical (unpaired) electrons. The summed E-state index contributed by atoms with van der Waals surface area (Å²) in [5.41, 5.74) is 6.67. The summed E-state index contributed by atoms with van der Waals surface area (Å²) in [5.74, 6) is 0.614. The van der Waals surface area contributed by atoms with E-state index in [1.54, 1.807) is 29.9 Å². The number of para-hydroxylation sites is 1. The summed E-state index contributed by atoms with van der Waals surface area (Å²) in [7, 11) is 0. The van der Waals surface area contributed by atoms with Crippen LogP contribution in [0.2, 0.25) is 0 Å². The largest absolute Gasteiger partial charge is 0.337 e. The number of rotatable bonds is 5. The van der Waals surface area contributed by atoms with Gasteiger partial charge in [-0.3, -0.25) is 14.9 Å². The molecule has 0 atom stereocenters. The first-order valence-corrected chi connectivity index (χ1v) is 11.7. The molecular weight excluding hydrogens is 446 g/mol. The molecule has 166 valence electrons. The molecule has 1 aromatic carbocycles. The first-order valence-electron chi connectivity index (χ1n) is 10.8. The number of aromatic nitrogens is 6. The lowest BCUT2D eigenvalue weighted by Crippen LogP contribution is -2.09. The molecule has 0 saturated carbocycles. The van der Waals surface area contributed by atoms with Crippen LogP contribution in [0.1, 0.15) is 13.3 Å². The van der Waals surface area contributed by atoms with E-state index in [4.69, 9.17) is 4.98 Å². The van der Waals surface area contributed by atoms with Crippen LogP contribution in [0.5, 0.6) is 0 Å². The van der Waals surface area contributed by atoms with Crippen molar-refractivity contribution in [3.8, 4) is 33.1 Å². The number of carbonyl (C=O) groups is 1. The molecule has 0 bridgehead atoms. The smallest absolute Gasteiger partial charge is 0.224 e. The number of hydrogen-bond donors (Lipinski definition) is 3. The Morgan fingerprint density at radius 1 is 1.09 bits per heavy atom. The zero-order chi connectivity index (χ0) is 23.1. The molecule has 9 heteroatoms. The van der Waals surface area contributed by atoms with E-state index in [1.165, 1.54) is 4.88 Å². The van der Waals surface area contributed by atoms with Gasteiger partial charge in [-0.05, 0) is 29.6 Å². The highest BCUT2D eigenvalue weighted by Crippen LogP contribution is 2.34. The van der Waals surface area contributed by atoms with Gasteiger partial charge in [0.05, 0.1) is 28.3 Å². The van der Waals surface area contributed by atoms with E-state index in [9.17, 15) is 4.79 Å². The molecular formula is C25H19N7OS. The van der Waals surface area contributed by atoms with E-state index >= 15 is 0 Å². The Morgan fingerprint density at radius 3 is 2.85 bits per heavy atom. The first kappa shape index (κ1) is 20.3. The summed E-state index contributed by atoms with van der Waals surface area (Å²) in [4.78, 5) is 30.1. The van der Waals surface area contributed by atoms with Crippen molar-refractivity contribution in [2.45, 2.75) is 13.3 Å². The molecule has 8 nitrogen and oxygen atoms in total. The fraction of sp³-hybridized carbons (Fsp3) is 0.0800. The molecule has 0 saturated heterocycles. The normalized spacial score (nSPS) is 11.3. The minimum Gasteiger partial charge on any atom is -0.337 e. The van der Waals surface area contributed by atoms with Crippen LogP contribution in [0, 0.1) is 0 Å². The monoisotopic (exact) mass is 465 g/mol. The maximum atomic E-state index is 11.8. The van der Waals surface area contributed by atoms with E-state index in [2.05, 4.69) is 48.0 Å². The summed E-state index contributed by atoms with van der Waals surface area (Å²) in [5, 5.41) is 13.3. The van der Waals surface area contributed by atoms with Crippen LogP contribution >= 0.6 is 11.3 Å². The molecule has 0 aliphatic rings. The Balaban J connectivity index is 1.43. The second kappa shape index (κ2) is 8.20. The highest BCUT2D eigenvalue weighted by atomic mass is 32.1. The Hall–Kier alpha value is -4.37. The molecule has 0 aliphatic carbocycles. The van der Waals surface area contributed by atoms with Gasteiger partial charge in [0, 0.05) is 40.4 Å². The number of carbonyl (C=O) groups excluding carboxylic acids is 1. The van der Waals surface area contributed by atoms with Gasteiger partial charge in [0.1, 0.15) is 5.69 Å². The second-order valence-corrected chi connectivity index (χ2v) is 8.77. The van der Waals surface area contributed by atoms with Crippen molar-refractivity contribution < 1.29 is 4.79 Å². The summed E-state index contributed by atoms with van der Waals surface area (Å²) in [6, 6.07) is 14.2. The van der Waals surface area contributed by atoms with Crippen molar-refractivity contribution >= 4 is 45.0 Å². The number of imidazole rings is 1. The number of hydrogen-bond acceptors (Lipinski definition) is 6. The topological polar surface area (TPSA) is 112 Å². The number of H-pyrrole nitrogens is 2. The third-order valence-corrected chi connectivity index (χ3v) is 6.52. The summed E-state index contributed by atoms with van der Waals surface area (Å²) < 4.78 is 0. The number of amides is 1. The highest BCUT2D eigenvalue weighted by Gasteiger charge is 2.17. The maximum absolute atomic E-state index is 11.8. The Kier molecular flexibility index (Phi) is 4.88. The van der Waals surface area contributed by atoms with Gasteiger partial charge in [-0.1, -0.05) is 25.1 Å². The van der Waals surface area contributed by atoms with E-state index in [0.29, 0.717) is 29.3 Å². The summed E-state index contributed by atoms with van der Waals surface area (Å²) in [6.45, 7) is 1.81. The fourth-order valence-corrected chi connectivity index (χ4v) is 4.68. The van der Waals surface area contributed by atoms with Crippen LogP contribution in [0.4, 0.5) is 5.69 Å². The molecule has 0 spiro atoms. The minimum atomic E-state index is -0.0588. The first-order chi connectivity index (χ1) is 16.7. The van der Waals surface area contributed by atoms with Gasteiger partial charge in [0.25, 0.3) is 0 Å². The molecule has 5 heterocycles. The van der Waals surface area contributed by atoms with Crippen molar-refractivity contribution in [1.29, 1.82) is 0 Å². The SMILES string of the molecule is CCC(=O)Nc1cncc(-c2cnc3[nH]nc(-c4nc5c(-c6cccs6)cccc5[nH]4)c3c2)c1. The van der Waals surface area contributed by atoms with Crippen LogP contribution in [-0.2, 0) is 4.79 Å². The lowest BCUT2D eigenvalue weighted by Gasteiger charge is -2.06. The molecule has 1 amide bonds. The van der Waals surface area contributed by atoms with E-state index < -0.39 is 0 Å². The number of fused-ring (bicyclic) bond motifs is 2. The molecule has 5 aromatic heterocycles. The average molecular weight is 466 g/mol. The predicted molar refractivity (Wildman–Crippen MR) is 134 cm³/mol. The summed E-state index contributed by atoms with van der Waals surface area (Å²) >= 11 is 1.69. The van der Waals surface area contributed by atoms with Crippen LogP contribution < -0.4 is 5.32 Å². The minimum absolute atomic E-state index is 0.0588. The molecule has 0 aliphatic heterocycles. The lowest BCUT2D eigenvalue weighted by molar-refractivity contribution is -0.115. The van der Waals surface area contributed by atoms with Crippen molar-refractivity contribution in [1.82, 2.24) is 30.1 Å². The second-order valence-electron chi connectivity index (χ2n) is 7.82. The van der Waals surface area contributed by atoms with Gasteiger partial charge < -0.3 is 10.3 Å². The number of aromatic amines is 2. The quantitative estimate of drug-likeness (QED) is 0.305. The number of anilines is 1. The van der Waals surface area contributed by atoms with Gasteiger partial charge in [0.15, 0.2) is 11.5 Å². The van der Waals surface area contributed by atoms with Gasteiger partial charge >= 0.3 is 0 Å². The fourth-order valence-electron chi connectivity index (χ4n) is 3.93. The van der Waals surface area contributed by atoms with Crippen molar-refractivity contribution in [3.63, 3.8) is 0 Å². The van der Waals surface area contributed by atoms with Crippen molar-refractivity contribution in [2.24, 2.45) is 0 Å². The number of nitrogens with one attached hydrogen (secondary N) is 3. The molecule has 0 fully saturated rings. The third kappa shape index (κ3) is 3.52. The van der Waals surface area contributed by atoms with Gasteiger partial charge in [-0.25, -0.2) is 9.97 Å². The Morgan fingerprint density at radius 2 is 2.00 bits per heavy atom. The van der Waals surface area contributed by atoms with Crippen molar-refractivity contribution in [2.75, 3.05) is 5.32 Å². The summed E-state index contributed by atoms with van der Waals surface area (Å²) in [6.07, 6.45) is 5.55. The van der Waals surface area contributed by atoms with Gasteiger partial charge in [0.2, 0.25) is 5.91 Å². The van der Waals surface area contributed by atoms with E-state index in [0.717, 1.165) is 33.1 Å². The zero-order valence-corrected chi connectivity index (χ0v) is 19.0. The molecule has 3 N–H and O–H groups in total. The molecule has 0 unspecified atom stereocenters. The van der Waals surface area contributed by atoms with E-state index in [1.807, 2.05) is 37.3 Å². The van der Waals surface area contributed by atoms with Crippen molar-refractivity contribution in [3.05, 3.63) is 66.4 Å². The number of benzene rings is 1. The third-order valence-electron chi connectivity index (χ3n) is 5.62. The number of nitrogens with zero attached hydrogens (tertiary/aromatic N) is 4. The van der Waals surface area contributed by atoms with E-state index in [-0.39, 0.29) is 5.91 Å². The highest BCUT2D eigenvalue weighted by molar-refractivity contribution is 7.13.